The molecule has 5 rings (SSSR count). The maximum absolute atomic E-state index is 13.5. The van der Waals surface area contributed by atoms with Crippen LogP contribution in [0.4, 0.5) is 8.78 Å². The molecule has 1 saturated carbocycles. The van der Waals surface area contributed by atoms with Crippen molar-refractivity contribution in [1.29, 1.82) is 0 Å². The van der Waals surface area contributed by atoms with Gasteiger partial charge >= 0.3 is 0 Å². The minimum Gasteiger partial charge on any atom is -0.494 e. The number of carbonyl (C=O) groups is 1. The molecule has 11 heteroatoms. The number of methoxy groups -OCH3 is 1. The summed E-state index contributed by atoms with van der Waals surface area (Å²) >= 11 is 1.30. The molecule has 0 bridgehead atoms. The number of rotatable bonds is 5. The molecular formula is C25H22F2N6O2S. The summed E-state index contributed by atoms with van der Waals surface area (Å²) in [6.45, 7) is 0. The number of aromatic nitrogens is 3. The summed E-state index contributed by atoms with van der Waals surface area (Å²) in [4.78, 5) is 21.6. The van der Waals surface area contributed by atoms with Gasteiger partial charge in [0.25, 0.3) is 12.3 Å². The molecule has 0 saturated heterocycles. The number of pyridine rings is 2. The van der Waals surface area contributed by atoms with Gasteiger partial charge in [0.2, 0.25) is 0 Å². The molecule has 184 valence electrons. The summed E-state index contributed by atoms with van der Waals surface area (Å²) < 4.78 is 34.3. The van der Waals surface area contributed by atoms with Crippen molar-refractivity contribution in [3.8, 4) is 40.0 Å². The van der Waals surface area contributed by atoms with Gasteiger partial charge in [0.1, 0.15) is 11.4 Å². The van der Waals surface area contributed by atoms with E-state index >= 15 is 0 Å². The first kappa shape index (κ1) is 23.8. The topological polar surface area (TPSA) is 93.4 Å². The van der Waals surface area contributed by atoms with E-state index in [0.717, 1.165) is 18.4 Å². The maximum Gasteiger partial charge on any atom is 0.280 e. The number of hydrazone groups is 1. The third-order valence-electron chi connectivity index (χ3n) is 5.63. The third-order valence-corrected chi connectivity index (χ3v) is 6.50. The van der Waals surface area contributed by atoms with Crippen molar-refractivity contribution in [3.05, 3.63) is 54.2 Å². The fraction of sp³-hybridized carbons (Fsp3) is 0.280. The van der Waals surface area contributed by atoms with Crippen LogP contribution in [0.2, 0.25) is 0 Å². The summed E-state index contributed by atoms with van der Waals surface area (Å²) in [6, 6.07) is 4.79. The minimum atomic E-state index is -2.79. The Kier molecular flexibility index (Phi) is 6.61. The van der Waals surface area contributed by atoms with Crippen LogP contribution in [0.5, 0.6) is 5.75 Å². The summed E-state index contributed by atoms with van der Waals surface area (Å²) in [5.74, 6) is 6.50. The molecule has 1 aliphatic carbocycles. The molecular weight excluding hydrogens is 486 g/mol. The fourth-order valence-electron chi connectivity index (χ4n) is 3.61. The van der Waals surface area contributed by atoms with E-state index < -0.39 is 18.0 Å². The molecule has 1 atom stereocenters. The second-order valence-electron chi connectivity index (χ2n) is 8.35. The van der Waals surface area contributed by atoms with Crippen LogP contribution in [-0.2, 0) is 7.05 Å². The van der Waals surface area contributed by atoms with Crippen molar-refractivity contribution in [2.75, 3.05) is 7.11 Å². The fourth-order valence-corrected chi connectivity index (χ4v) is 4.32. The highest BCUT2D eigenvalue weighted by atomic mass is 32.2. The van der Waals surface area contributed by atoms with E-state index in [1.807, 2.05) is 30.1 Å². The van der Waals surface area contributed by atoms with E-state index in [-0.39, 0.29) is 16.7 Å². The molecule has 2 aliphatic rings. The van der Waals surface area contributed by atoms with Gasteiger partial charge in [0.15, 0.2) is 10.5 Å². The van der Waals surface area contributed by atoms with Crippen molar-refractivity contribution >= 4 is 22.8 Å². The van der Waals surface area contributed by atoms with Crippen LogP contribution >= 0.6 is 11.8 Å². The van der Waals surface area contributed by atoms with Gasteiger partial charge in [0, 0.05) is 48.2 Å². The standard InChI is InChI=1S/C25H22F2N6O2S/c1-33-8-7-15(13-33)19-9-16(17-10-20(23(26)27)29-12-21(17)35-2)18(11-28-19)24(34)30-25-32-31-22(36-25)6-5-14-3-4-14/h7-14,22-23,31H,3-4H2,1-2H3,(H,30,32,34). The number of nitrogens with one attached hydrogen (secondary N) is 2. The van der Waals surface area contributed by atoms with Crippen LogP contribution in [-0.4, -0.2) is 38.1 Å². The second-order valence-corrected chi connectivity index (χ2v) is 9.45. The lowest BCUT2D eigenvalue weighted by Gasteiger charge is -2.15. The van der Waals surface area contributed by atoms with Crippen LogP contribution in [0.3, 0.4) is 0 Å². The Hall–Kier alpha value is -3.91. The normalized spacial score (nSPS) is 16.7. The quantitative estimate of drug-likeness (QED) is 0.503. The van der Waals surface area contributed by atoms with Gasteiger partial charge in [0.05, 0.1) is 24.6 Å². The van der Waals surface area contributed by atoms with E-state index in [1.54, 1.807) is 6.07 Å². The molecule has 1 fully saturated rings. The monoisotopic (exact) mass is 508 g/mol. The van der Waals surface area contributed by atoms with Crippen molar-refractivity contribution in [1.82, 2.24) is 25.3 Å². The lowest BCUT2D eigenvalue weighted by molar-refractivity contribution is 0.0978. The summed E-state index contributed by atoms with van der Waals surface area (Å²) in [7, 11) is 3.29. The molecule has 2 N–H and O–H groups in total. The summed E-state index contributed by atoms with van der Waals surface area (Å²) in [5, 5.41) is 7.05. The molecule has 8 nitrogen and oxygen atoms in total. The number of hydrogen-bond donors (Lipinski definition) is 2. The number of hydrogen-bond acceptors (Lipinski definition) is 7. The second kappa shape index (κ2) is 9.99. The number of amides is 1. The average molecular weight is 509 g/mol. The van der Waals surface area contributed by atoms with Gasteiger partial charge in [-0.05, 0) is 42.8 Å². The SMILES string of the molecule is COc1cnc(C(F)F)cc1-c1cc(-c2ccn(C)c2)ncc1C(=O)NC1=NNC(C#CC2CC2)S1. The zero-order valence-electron chi connectivity index (χ0n) is 19.5. The number of thioether (sulfide) groups is 1. The molecule has 0 spiro atoms. The Bertz CT molecular complexity index is 1410. The molecule has 0 radical (unpaired) electrons. The highest BCUT2D eigenvalue weighted by molar-refractivity contribution is 8.14. The zero-order valence-corrected chi connectivity index (χ0v) is 20.3. The van der Waals surface area contributed by atoms with Gasteiger partial charge in [-0.3, -0.25) is 25.5 Å². The van der Waals surface area contributed by atoms with Crippen LogP contribution in [0, 0.1) is 17.8 Å². The van der Waals surface area contributed by atoms with Gasteiger partial charge < -0.3 is 9.30 Å². The first-order valence-electron chi connectivity index (χ1n) is 11.2. The van der Waals surface area contributed by atoms with Crippen molar-refractivity contribution < 1.29 is 18.3 Å². The van der Waals surface area contributed by atoms with Crippen LogP contribution in [0.15, 0.2) is 48.1 Å². The average Bonchev–Trinajstić information content (AvgIpc) is 3.44. The smallest absolute Gasteiger partial charge is 0.280 e. The molecule has 36 heavy (non-hydrogen) atoms. The highest BCUT2D eigenvalue weighted by Crippen LogP contribution is 2.36. The zero-order chi connectivity index (χ0) is 25.2. The summed E-state index contributed by atoms with van der Waals surface area (Å²) in [6.07, 6.45) is 5.84. The van der Waals surface area contributed by atoms with E-state index in [1.165, 1.54) is 37.3 Å². The number of alkyl halides is 2. The predicted octanol–water partition coefficient (Wildman–Crippen LogP) is 4.17. The van der Waals surface area contributed by atoms with E-state index in [4.69, 9.17) is 4.74 Å². The third kappa shape index (κ3) is 5.18. The molecule has 1 unspecified atom stereocenters. The highest BCUT2D eigenvalue weighted by Gasteiger charge is 2.25. The van der Waals surface area contributed by atoms with Gasteiger partial charge in [-0.2, -0.15) is 5.10 Å². The van der Waals surface area contributed by atoms with Gasteiger partial charge in [-0.1, -0.05) is 11.8 Å². The number of ether oxygens (including phenoxy) is 1. The van der Waals surface area contributed by atoms with Crippen molar-refractivity contribution in [2.45, 2.75) is 24.6 Å². The van der Waals surface area contributed by atoms with E-state index in [2.05, 4.69) is 37.7 Å². The molecule has 1 aliphatic heterocycles. The Morgan fingerprint density at radius 3 is 2.78 bits per heavy atom. The number of halogens is 2. The summed E-state index contributed by atoms with van der Waals surface area (Å²) in [5.41, 5.74) is 4.72. The van der Waals surface area contributed by atoms with Gasteiger partial charge in [-0.25, -0.2) is 8.78 Å². The van der Waals surface area contributed by atoms with Crippen LogP contribution < -0.4 is 15.5 Å². The number of carbonyl (C=O) groups excluding carboxylic acids is 1. The number of amidine groups is 1. The number of nitrogens with zero attached hydrogens (tertiary/aromatic N) is 4. The van der Waals surface area contributed by atoms with E-state index in [9.17, 15) is 13.6 Å². The minimum absolute atomic E-state index is 0.176. The Morgan fingerprint density at radius 2 is 2.08 bits per heavy atom. The van der Waals surface area contributed by atoms with Crippen LogP contribution in [0.25, 0.3) is 22.4 Å². The molecule has 3 aromatic heterocycles. The molecule has 1 amide bonds. The van der Waals surface area contributed by atoms with Crippen molar-refractivity contribution in [3.63, 3.8) is 0 Å². The first-order chi connectivity index (χ1) is 17.4. The Morgan fingerprint density at radius 1 is 1.25 bits per heavy atom. The van der Waals surface area contributed by atoms with Gasteiger partial charge in [-0.15, -0.1) is 0 Å². The molecule has 4 heterocycles. The van der Waals surface area contributed by atoms with E-state index in [0.29, 0.717) is 27.9 Å². The molecule has 3 aromatic rings. The largest absolute Gasteiger partial charge is 0.494 e. The Labute approximate surface area is 210 Å². The molecule has 0 aromatic carbocycles. The van der Waals surface area contributed by atoms with Crippen molar-refractivity contribution in [2.24, 2.45) is 18.1 Å². The lowest BCUT2D eigenvalue weighted by Crippen LogP contribution is -2.28. The number of aryl methyl sites for hydroxylation is 1. The lowest BCUT2D eigenvalue weighted by atomic mass is 9.98. The Balaban J connectivity index is 1.50. The first-order valence-corrected chi connectivity index (χ1v) is 12.1. The maximum atomic E-state index is 13.5. The van der Waals surface area contributed by atoms with Crippen LogP contribution in [0.1, 0.15) is 35.3 Å². The predicted molar refractivity (Wildman–Crippen MR) is 133 cm³/mol.